The van der Waals surface area contributed by atoms with E-state index < -0.39 is 40.3 Å². The Morgan fingerprint density at radius 2 is 1.92 bits per heavy atom. The number of esters is 1. The number of anilines is 1. The van der Waals surface area contributed by atoms with Gasteiger partial charge in [-0.15, -0.1) is 0 Å². The van der Waals surface area contributed by atoms with Crippen LogP contribution in [0.15, 0.2) is 29.7 Å². The van der Waals surface area contributed by atoms with Gasteiger partial charge in [0, 0.05) is 17.0 Å². The van der Waals surface area contributed by atoms with Gasteiger partial charge in [-0.05, 0) is 37.1 Å². The summed E-state index contributed by atoms with van der Waals surface area (Å²) in [5.74, 6) is -2.09. The van der Waals surface area contributed by atoms with Gasteiger partial charge in [-0.3, -0.25) is 14.9 Å². The Bertz CT molecular complexity index is 860. The van der Waals surface area contributed by atoms with Crippen LogP contribution in [-0.4, -0.2) is 38.7 Å². The summed E-state index contributed by atoms with van der Waals surface area (Å²) in [4.78, 5) is 35.0. The maximum absolute atomic E-state index is 11.8. The number of hydrogen-bond donors (Lipinski definition) is 2. The van der Waals surface area contributed by atoms with Crippen molar-refractivity contribution in [3.63, 3.8) is 0 Å². The molecule has 1 aliphatic heterocycles. The first-order valence-corrected chi connectivity index (χ1v) is 9.61. The summed E-state index contributed by atoms with van der Waals surface area (Å²) in [5.41, 5.74) is 2.60. The standard InChI is InChI=1S/C17H20N2O6S/c1-11-3-4-14(7-12(11)2)18-17(22)19-15(20)9-25-16(21)8-13-5-6-26(23,24)10-13/h3-7,13H,8-10H2,1-2H3,(H2,18,19,20,22). The largest absolute Gasteiger partial charge is 0.456 e. The summed E-state index contributed by atoms with van der Waals surface area (Å²) >= 11 is 0. The smallest absolute Gasteiger partial charge is 0.325 e. The monoisotopic (exact) mass is 380 g/mol. The van der Waals surface area contributed by atoms with Crippen LogP contribution in [0, 0.1) is 19.8 Å². The first kappa shape index (κ1) is 19.6. The predicted molar refractivity (Wildman–Crippen MR) is 95.1 cm³/mol. The zero-order chi connectivity index (χ0) is 19.3. The Labute approximate surface area is 151 Å². The zero-order valence-corrected chi connectivity index (χ0v) is 15.3. The molecule has 3 amide bonds. The molecular weight excluding hydrogens is 360 g/mol. The highest BCUT2D eigenvalue weighted by Crippen LogP contribution is 2.18. The minimum absolute atomic E-state index is 0.141. The number of allylic oxidation sites excluding steroid dienone is 1. The normalized spacial score (nSPS) is 17.5. The third kappa shape index (κ3) is 5.99. The number of ether oxygens (including phenoxy) is 1. The van der Waals surface area contributed by atoms with Gasteiger partial charge in [0.05, 0.1) is 12.2 Å². The van der Waals surface area contributed by atoms with Crippen LogP contribution in [0.1, 0.15) is 17.5 Å². The van der Waals surface area contributed by atoms with E-state index >= 15 is 0 Å². The molecule has 0 saturated heterocycles. The van der Waals surface area contributed by atoms with Crippen molar-refractivity contribution >= 4 is 33.4 Å². The molecule has 1 aromatic rings. The maximum atomic E-state index is 11.8. The number of hydrogen-bond acceptors (Lipinski definition) is 6. The molecular formula is C17H20N2O6S. The number of urea groups is 1. The summed E-state index contributed by atoms with van der Waals surface area (Å²) in [6.45, 7) is 3.21. The molecule has 1 heterocycles. The molecule has 2 rings (SSSR count). The molecule has 0 spiro atoms. The van der Waals surface area contributed by atoms with Gasteiger partial charge in [0.2, 0.25) is 0 Å². The number of aryl methyl sites for hydroxylation is 2. The number of benzene rings is 1. The van der Waals surface area contributed by atoms with Crippen LogP contribution >= 0.6 is 0 Å². The lowest BCUT2D eigenvalue weighted by Gasteiger charge is -2.10. The molecule has 1 unspecified atom stereocenters. The highest BCUT2D eigenvalue weighted by molar-refractivity contribution is 7.94. The molecule has 0 fully saturated rings. The van der Waals surface area contributed by atoms with Crippen molar-refractivity contribution in [2.45, 2.75) is 20.3 Å². The van der Waals surface area contributed by atoms with E-state index in [-0.39, 0.29) is 12.2 Å². The summed E-state index contributed by atoms with van der Waals surface area (Å²) in [5, 5.41) is 5.62. The second-order valence-corrected chi connectivity index (χ2v) is 8.02. The van der Waals surface area contributed by atoms with E-state index in [1.165, 1.54) is 6.08 Å². The summed E-state index contributed by atoms with van der Waals surface area (Å²) in [6, 6.07) is 4.57. The van der Waals surface area contributed by atoms with E-state index in [9.17, 15) is 22.8 Å². The Hall–Kier alpha value is -2.68. The first-order valence-electron chi connectivity index (χ1n) is 7.89. The Kier molecular flexibility index (Phi) is 6.14. The molecule has 140 valence electrons. The molecule has 26 heavy (non-hydrogen) atoms. The minimum atomic E-state index is -3.24. The third-order valence-corrected chi connectivity index (χ3v) is 5.28. The van der Waals surface area contributed by atoms with E-state index in [1.807, 2.05) is 25.2 Å². The average molecular weight is 380 g/mol. The fraction of sp³-hybridized carbons (Fsp3) is 0.353. The van der Waals surface area contributed by atoms with Crippen LogP contribution < -0.4 is 10.6 Å². The van der Waals surface area contributed by atoms with Crippen LogP contribution in [0.5, 0.6) is 0 Å². The molecule has 9 heteroatoms. The Morgan fingerprint density at radius 1 is 1.19 bits per heavy atom. The van der Waals surface area contributed by atoms with Crippen LogP contribution in [-0.2, 0) is 24.2 Å². The molecule has 2 N–H and O–H groups in total. The summed E-state index contributed by atoms with van der Waals surface area (Å²) in [7, 11) is -3.24. The Balaban J connectivity index is 1.72. The van der Waals surface area contributed by atoms with Gasteiger partial charge in [-0.25, -0.2) is 13.2 Å². The number of rotatable bonds is 5. The summed E-state index contributed by atoms with van der Waals surface area (Å²) in [6.07, 6.45) is 1.28. The lowest BCUT2D eigenvalue weighted by Crippen LogP contribution is -2.37. The molecule has 0 aliphatic carbocycles. The minimum Gasteiger partial charge on any atom is -0.456 e. The van der Waals surface area contributed by atoms with E-state index in [2.05, 4.69) is 5.32 Å². The maximum Gasteiger partial charge on any atom is 0.325 e. The van der Waals surface area contributed by atoms with E-state index in [1.54, 1.807) is 12.1 Å². The second-order valence-electron chi connectivity index (χ2n) is 6.08. The van der Waals surface area contributed by atoms with Gasteiger partial charge in [-0.2, -0.15) is 0 Å². The summed E-state index contributed by atoms with van der Waals surface area (Å²) < 4.78 is 27.3. The fourth-order valence-corrected chi connectivity index (χ4v) is 3.73. The van der Waals surface area contributed by atoms with Gasteiger partial charge in [-0.1, -0.05) is 12.1 Å². The van der Waals surface area contributed by atoms with Crippen LogP contribution in [0.3, 0.4) is 0 Å². The second kappa shape index (κ2) is 8.13. The van der Waals surface area contributed by atoms with Gasteiger partial charge >= 0.3 is 12.0 Å². The number of sulfone groups is 1. The van der Waals surface area contributed by atoms with Gasteiger partial charge in [0.25, 0.3) is 5.91 Å². The van der Waals surface area contributed by atoms with E-state index in [0.717, 1.165) is 16.5 Å². The van der Waals surface area contributed by atoms with Gasteiger partial charge in [0.1, 0.15) is 0 Å². The number of nitrogens with one attached hydrogen (secondary N) is 2. The molecule has 0 aromatic heterocycles. The van der Waals surface area contributed by atoms with Crippen molar-refractivity contribution in [2.75, 3.05) is 17.7 Å². The predicted octanol–water partition coefficient (Wildman–Crippen LogP) is 1.44. The van der Waals surface area contributed by atoms with Crippen molar-refractivity contribution in [1.29, 1.82) is 0 Å². The molecule has 8 nitrogen and oxygen atoms in total. The molecule has 0 saturated carbocycles. The lowest BCUT2D eigenvalue weighted by molar-refractivity contribution is -0.148. The number of carbonyl (C=O) groups excluding carboxylic acids is 3. The number of imide groups is 1. The van der Waals surface area contributed by atoms with Crippen LogP contribution in [0.2, 0.25) is 0 Å². The van der Waals surface area contributed by atoms with Crippen molar-refractivity contribution in [2.24, 2.45) is 5.92 Å². The van der Waals surface area contributed by atoms with Crippen LogP contribution in [0.25, 0.3) is 0 Å². The molecule has 1 atom stereocenters. The molecule has 1 aliphatic rings. The zero-order valence-electron chi connectivity index (χ0n) is 14.4. The van der Waals surface area contributed by atoms with Crippen molar-refractivity contribution in [1.82, 2.24) is 5.32 Å². The van der Waals surface area contributed by atoms with E-state index in [0.29, 0.717) is 5.69 Å². The number of carbonyl (C=O) groups is 3. The lowest BCUT2D eigenvalue weighted by atomic mass is 10.1. The van der Waals surface area contributed by atoms with Gasteiger partial charge < -0.3 is 10.1 Å². The van der Waals surface area contributed by atoms with Crippen molar-refractivity contribution in [3.05, 3.63) is 40.8 Å². The van der Waals surface area contributed by atoms with Crippen molar-refractivity contribution in [3.8, 4) is 0 Å². The fourth-order valence-electron chi connectivity index (χ4n) is 2.33. The van der Waals surface area contributed by atoms with E-state index in [4.69, 9.17) is 4.74 Å². The Morgan fingerprint density at radius 3 is 2.54 bits per heavy atom. The van der Waals surface area contributed by atoms with Crippen LogP contribution in [0.4, 0.5) is 10.5 Å². The molecule has 0 bridgehead atoms. The average Bonchev–Trinajstić information content (AvgIpc) is 2.87. The SMILES string of the molecule is Cc1ccc(NC(=O)NC(=O)COC(=O)CC2C=CS(=O)(=O)C2)cc1C. The molecule has 1 aromatic carbocycles. The third-order valence-electron chi connectivity index (χ3n) is 3.82. The van der Waals surface area contributed by atoms with Crippen molar-refractivity contribution < 1.29 is 27.5 Å². The molecule has 0 radical (unpaired) electrons. The highest BCUT2D eigenvalue weighted by atomic mass is 32.2. The number of amides is 3. The topological polar surface area (TPSA) is 119 Å². The van der Waals surface area contributed by atoms with Gasteiger partial charge in [0.15, 0.2) is 16.4 Å². The first-order chi connectivity index (χ1) is 12.1. The highest BCUT2D eigenvalue weighted by Gasteiger charge is 2.24. The quantitative estimate of drug-likeness (QED) is 0.746.